The Balaban J connectivity index is 2.11. The van der Waals surface area contributed by atoms with Crippen LogP contribution in [0.3, 0.4) is 0 Å². The number of aliphatic hydroxyl groups excluding tert-OH is 3. The van der Waals surface area contributed by atoms with E-state index in [1.54, 1.807) is 0 Å². The molecule has 4 atom stereocenters. The molecule has 0 spiro atoms. The summed E-state index contributed by atoms with van der Waals surface area (Å²) in [5.41, 5.74) is 0.529. The van der Waals surface area contributed by atoms with Crippen molar-refractivity contribution in [3.8, 4) is 0 Å². The molecule has 2 aromatic rings. The average Bonchev–Trinajstić information content (AvgIpc) is 2.90. The molecule has 3 rings (SSSR count). The van der Waals surface area contributed by atoms with E-state index >= 15 is 0 Å². The maximum absolute atomic E-state index is 10.0. The van der Waals surface area contributed by atoms with Crippen LogP contribution in [0.25, 0.3) is 11.2 Å². The van der Waals surface area contributed by atoms with Gasteiger partial charge in [-0.05, 0) is 11.6 Å². The lowest BCUT2D eigenvalue weighted by Gasteiger charge is -2.17. The van der Waals surface area contributed by atoms with E-state index in [0.29, 0.717) is 0 Å². The molecule has 8 nitrogen and oxygen atoms in total. The van der Waals surface area contributed by atoms with Crippen LogP contribution in [-0.2, 0) is 4.74 Å². The van der Waals surface area contributed by atoms with Gasteiger partial charge in [-0.2, -0.15) is 0 Å². The Morgan fingerprint density at radius 3 is 2.65 bits per heavy atom. The highest BCUT2D eigenvalue weighted by molar-refractivity contribution is 6.34. The van der Waals surface area contributed by atoms with Crippen LogP contribution in [0.4, 0.5) is 0 Å². The number of imidazole rings is 1. The summed E-state index contributed by atoms with van der Waals surface area (Å²) >= 11 is 11.9. The number of aromatic nitrogens is 4. The lowest BCUT2D eigenvalue weighted by Crippen LogP contribution is -2.33. The second-order valence-corrected chi connectivity index (χ2v) is 5.01. The zero-order chi connectivity index (χ0) is 14.4. The molecule has 0 unspecified atom stereocenters. The van der Waals surface area contributed by atoms with Crippen molar-refractivity contribution in [3.63, 3.8) is 0 Å². The van der Waals surface area contributed by atoms with Crippen LogP contribution in [0, 0.1) is 0 Å². The Morgan fingerprint density at radius 1 is 1.25 bits per heavy atom. The number of hydrogen-bond acceptors (Lipinski definition) is 7. The zero-order valence-corrected chi connectivity index (χ0v) is 11.4. The third-order valence-corrected chi connectivity index (χ3v) is 3.70. The summed E-state index contributed by atoms with van der Waals surface area (Å²) in [5, 5.41) is 29.0. The van der Waals surface area contributed by atoms with Gasteiger partial charge in [0.25, 0.3) is 0 Å². The van der Waals surface area contributed by atoms with Crippen LogP contribution in [-0.4, -0.2) is 59.8 Å². The van der Waals surface area contributed by atoms with E-state index in [2.05, 4.69) is 15.0 Å². The summed E-state index contributed by atoms with van der Waals surface area (Å²) in [6.07, 6.45) is -3.24. The van der Waals surface area contributed by atoms with Crippen molar-refractivity contribution >= 4 is 34.4 Å². The smallest absolute Gasteiger partial charge is 0.207 e. The van der Waals surface area contributed by atoms with E-state index in [1.165, 1.54) is 10.9 Å². The fraction of sp³-hybridized carbons (Fsp3) is 0.500. The van der Waals surface area contributed by atoms with Gasteiger partial charge in [0.05, 0.1) is 6.61 Å². The highest BCUT2D eigenvalue weighted by Crippen LogP contribution is 2.34. The fourth-order valence-corrected chi connectivity index (χ4v) is 2.60. The number of rotatable bonds is 2. The molecule has 0 aromatic carbocycles. The van der Waals surface area contributed by atoms with Crippen LogP contribution in [0.2, 0.25) is 10.4 Å². The summed E-state index contributed by atoms with van der Waals surface area (Å²) in [4.78, 5) is 11.8. The molecule has 1 fully saturated rings. The van der Waals surface area contributed by atoms with Gasteiger partial charge in [0.2, 0.25) is 5.28 Å². The number of fused-ring (bicyclic) bond motifs is 1. The molecular formula is C10H10Cl2N4O4. The maximum Gasteiger partial charge on any atom is 0.207 e. The van der Waals surface area contributed by atoms with Crippen LogP contribution >= 0.6 is 23.2 Å². The van der Waals surface area contributed by atoms with Gasteiger partial charge in [0.1, 0.15) is 30.2 Å². The predicted octanol–water partition coefficient (Wildman–Crippen LogP) is -0.255. The van der Waals surface area contributed by atoms with E-state index in [9.17, 15) is 10.2 Å². The highest BCUT2D eigenvalue weighted by Gasteiger charge is 2.44. The van der Waals surface area contributed by atoms with Crippen molar-refractivity contribution in [2.75, 3.05) is 6.61 Å². The van der Waals surface area contributed by atoms with Gasteiger partial charge in [0, 0.05) is 0 Å². The number of hydrogen-bond donors (Lipinski definition) is 3. The molecule has 0 saturated carbocycles. The lowest BCUT2D eigenvalue weighted by molar-refractivity contribution is -0.0509. The Kier molecular flexibility index (Phi) is 3.53. The molecule has 108 valence electrons. The third kappa shape index (κ3) is 1.96. The summed E-state index contributed by atoms with van der Waals surface area (Å²) in [6, 6.07) is 0. The molecule has 3 heterocycles. The second kappa shape index (κ2) is 5.06. The Hall–Kier alpha value is -1.03. The first-order chi connectivity index (χ1) is 9.54. The standard InChI is InChI=1S/C10H10Cl2N4O4/c11-7-4-8(14-2-13-7)16(10(12)15-4)9-6(19)5(18)3(1-17)20-9/h2-3,5-6,9,17-19H,1H2/t3-,5-,6-,9-/m1/s1. The van der Waals surface area contributed by atoms with Crippen molar-refractivity contribution in [2.45, 2.75) is 24.5 Å². The Labute approximate surface area is 122 Å². The minimum Gasteiger partial charge on any atom is -0.394 e. The first-order valence-corrected chi connectivity index (χ1v) is 6.46. The summed E-state index contributed by atoms with van der Waals surface area (Å²) < 4.78 is 6.69. The fourth-order valence-electron chi connectivity index (χ4n) is 2.17. The zero-order valence-electron chi connectivity index (χ0n) is 9.89. The topological polar surface area (TPSA) is 114 Å². The molecule has 20 heavy (non-hydrogen) atoms. The van der Waals surface area contributed by atoms with E-state index in [4.69, 9.17) is 33.0 Å². The Morgan fingerprint density at radius 2 is 2.00 bits per heavy atom. The molecule has 10 heteroatoms. The molecule has 1 saturated heterocycles. The molecule has 1 aliphatic heterocycles. The Bertz CT molecular complexity index is 651. The second-order valence-electron chi connectivity index (χ2n) is 4.32. The van der Waals surface area contributed by atoms with Gasteiger partial charge in [-0.1, -0.05) is 11.6 Å². The van der Waals surface area contributed by atoms with E-state index in [0.717, 1.165) is 0 Å². The van der Waals surface area contributed by atoms with Gasteiger partial charge in [-0.15, -0.1) is 0 Å². The average molecular weight is 321 g/mol. The number of ether oxygens (including phenoxy) is 1. The first-order valence-electron chi connectivity index (χ1n) is 5.71. The number of nitrogens with zero attached hydrogens (tertiary/aromatic N) is 4. The molecule has 0 radical (unpaired) electrons. The largest absolute Gasteiger partial charge is 0.394 e. The predicted molar refractivity (Wildman–Crippen MR) is 68.4 cm³/mol. The summed E-state index contributed by atoms with van der Waals surface area (Å²) in [6.45, 7) is -0.436. The molecule has 3 N–H and O–H groups in total. The lowest BCUT2D eigenvalue weighted by atomic mass is 10.1. The molecule has 0 amide bonds. The van der Waals surface area contributed by atoms with Crippen molar-refractivity contribution in [1.82, 2.24) is 19.5 Å². The van der Waals surface area contributed by atoms with Gasteiger partial charge in [0.15, 0.2) is 17.0 Å². The monoisotopic (exact) mass is 320 g/mol. The van der Waals surface area contributed by atoms with Gasteiger partial charge < -0.3 is 20.1 Å². The molecular weight excluding hydrogens is 311 g/mol. The number of halogens is 2. The van der Waals surface area contributed by atoms with Crippen molar-refractivity contribution in [3.05, 3.63) is 16.8 Å². The normalized spacial score (nSPS) is 30.2. The molecule has 0 bridgehead atoms. The molecule has 0 aliphatic carbocycles. The van der Waals surface area contributed by atoms with Crippen molar-refractivity contribution < 1.29 is 20.1 Å². The molecule has 2 aromatic heterocycles. The van der Waals surface area contributed by atoms with Crippen LogP contribution < -0.4 is 0 Å². The van der Waals surface area contributed by atoms with Crippen LogP contribution in [0.5, 0.6) is 0 Å². The van der Waals surface area contributed by atoms with Gasteiger partial charge in [-0.3, -0.25) is 4.57 Å². The molecule has 1 aliphatic rings. The van der Waals surface area contributed by atoms with Crippen LogP contribution in [0.1, 0.15) is 6.23 Å². The number of aliphatic hydroxyl groups is 3. The van der Waals surface area contributed by atoms with Crippen LogP contribution in [0.15, 0.2) is 6.33 Å². The summed E-state index contributed by atoms with van der Waals surface area (Å²) in [7, 11) is 0. The first kappa shape index (κ1) is 13.9. The van der Waals surface area contributed by atoms with Crippen molar-refractivity contribution in [1.29, 1.82) is 0 Å². The van der Waals surface area contributed by atoms with E-state index in [1.807, 2.05) is 0 Å². The van der Waals surface area contributed by atoms with Gasteiger partial charge >= 0.3 is 0 Å². The quantitative estimate of drug-likeness (QED) is 0.516. The van der Waals surface area contributed by atoms with E-state index < -0.39 is 31.1 Å². The highest BCUT2D eigenvalue weighted by atomic mass is 35.5. The van der Waals surface area contributed by atoms with E-state index in [-0.39, 0.29) is 21.6 Å². The minimum absolute atomic E-state index is 0.0164. The third-order valence-electron chi connectivity index (χ3n) is 3.16. The minimum atomic E-state index is -1.28. The van der Waals surface area contributed by atoms with Gasteiger partial charge in [-0.25, -0.2) is 15.0 Å². The maximum atomic E-state index is 10.0. The summed E-state index contributed by atoms with van der Waals surface area (Å²) in [5.74, 6) is 0. The SMILES string of the molecule is OC[C@H]1O[C@@H](n2c(Cl)nc3c(Cl)ncnc32)[C@H](O)[C@@H]1O. The van der Waals surface area contributed by atoms with Crippen molar-refractivity contribution in [2.24, 2.45) is 0 Å².